The number of aromatic nitrogens is 6. The Bertz CT molecular complexity index is 2060. The number of hydrogen-bond donors (Lipinski definition) is 0. The Labute approximate surface area is 260 Å². The zero-order valence-electron chi connectivity index (χ0n) is 23.6. The predicted molar refractivity (Wildman–Crippen MR) is 170 cm³/mol. The Morgan fingerprint density at radius 1 is 0.767 bits per heavy atom. The maximum Gasteiger partial charge on any atom is 0.338 e. The summed E-state index contributed by atoms with van der Waals surface area (Å²) in [6, 6.07) is 14.3. The number of pyridine rings is 2. The van der Waals surface area contributed by atoms with Gasteiger partial charge in [0.2, 0.25) is 0 Å². The van der Waals surface area contributed by atoms with Crippen molar-refractivity contribution in [3.05, 3.63) is 99.7 Å². The van der Waals surface area contributed by atoms with Gasteiger partial charge in [0.1, 0.15) is 0 Å². The van der Waals surface area contributed by atoms with Gasteiger partial charge in [-0.3, -0.25) is 0 Å². The summed E-state index contributed by atoms with van der Waals surface area (Å²) >= 11 is 2.22. The van der Waals surface area contributed by atoms with Crippen molar-refractivity contribution in [3.63, 3.8) is 0 Å². The number of carbonyl (C=O) groups excluding carboxylic acids is 2. The van der Waals surface area contributed by atoms with Crippen LogP contribution in [0.4, 0.5) is 5.69 Å². The summed E-state index contributed by atoms with van der Waals surface area (Å²) in [5, 5.41) is 1.44. The van der Waals surface area contributed by atoms with Crippen LogP contribution in [0.15, 0.2) is 73.6 Å². The maximum atomic E-state index is 12.1. The van der Waals surface area contributed by atoms with E-state index < -0.39 is 5.97 Å². The number of halogens is 1. The van der Waals surface area contributed by atoms with Crippen molar-refractivity contribution in [2.24, 2.45) is 14.1 Å². The molecule has 11 nitrogen and oxygen atoms in total. The lowest BCUT2D eigenvalue weighted by Gasteiger charge is -2.09. The van der Waals surface area contributed by atoms with Crippen molar-refractivity contribution in [2.45, 2.75) is 0 Å². The Balaban J connectivity index is 0.000000171. The fraction of sp³-hybridized carbons (Fsp3) is 0.129. The van der Waals surface area contributed by atoms with Crippen LogP contribution < -0.4 is 0 Å². The Kier molecular flexibility index (Phi) is 8.44. The van der Waals surface area contributed by atoms with Gasteiger partial charge >= 0.3 is 11.9 Å². The molecule has 12 heteroatoms. The third-order valence-electron chi connectivity index (χ3n) is 6.66. The summed E-state index contributed by atoms with van der Waals surface area (Å²) in [4.78, 5) is 44.9. The van der Waals surface area contributed by atoms with Crippen molar-refractivity contribution in [2.75, 3.05) is 14.2 Å². The Morgan fingerprint density at radius 3 is 1.70 bits per heavy atom. The molecule has 214 valence electrons. The number of benzene rings is 2. The zero-order chi connectivity index (χ0) is 30.7. The number of hydrogen-bond acceptors (Lipinski definition) is 8. The zero-order valence-corrected chi connectivity index (χ0v) is 25.7. The number of ether oxygens (including phenoxy) is 2. The Morgan fingerprint density at radius 2 is 1.26 bits per heavy atom. The fourth-order valence-corrected chi connectivity index (χ4v) is 4.99. The number of imidazole rings is 2. The molecule has 0 saturated carbocycles. The number of nitrogens with zero attached hydrogens (tertiary/aromatic N) is 7. The second kappa shape index (κ2) is 12.4. The summed E-state index contributed by atoms with van der Waals surface area (Å²) in [7, 11) is 6.46. The molecule has 0 spiro atoms. The molecule has 0 aliphatic carbocycles. The average Bonchev–Trinajstić information content (AvgIpc) is 3.66. The number of carbonyl (C=O) groups is 2. The quantitative estimate of drug-likeness (QED) is 0.126. The first-order valence-electron chi connectivity index (χ1n) is 12.8. The first kappa shape index (κ1) is 29.3. The van der Waals surface area contributed by atoms with Gasteiger partial charge in [-0.1, -0.05) is 18.2 Å². The molecular formula is C31H24IN7O4. The lowest BCUT2D eigenvalue weighted by molar-refractivity contribution is 0.0594. The molecule has 4 aromatic heterocycles. The number of rotatable bonds is 4. The van der Waals surface area contributed by atoms with Crippen molar-refractivity contribution in [1.29, 1.82) is 0 Å². The third kappa shape index (κ3) is 5.93. The van der Waals surface area contributed by atoms with Crippen molar-refractivity contribution >= 4 is 62.0 Å². The van der Waals surface area contributed by atoms with E-state index in [9.17, 15) is 9.59 Å². The highest BCUT2D eigenvalue weighted by molar-refractivity contribution is 14.1. The van der Waals surface area contributed by atoms with Gasteiger partial charge in [0.25, 0.3) is 0 Å². The minimum Gasteiger partial charge on any atom is -0.465 e. The van der Waals surface area contributed by atoms with Gasteiger partial charge in [0, 0.05) is 28.4 Å². The number of methoxy groups -OCH3 is 2. The summed E-state index contributed by atoms with van der Waals surface area (Å²) < 4.78 is 14.5. The first-order chi connectivity index (χ1) is 20.7. The summed E-state index contributed by atoms with van der Waals surface area (Å²) in [6.07, 6.45) is 6.76. The van der Waals surface area contributed by atoms with Gasteiger partial charge in [-0.25, -0.2) is 34.4 Å². The SMILES string of the molecule is COC(=O)c1cc(-c2cncn2C)nc2cc(I)ccc12.[C-]#[N+]c1ccc2c(C(=O)OC)cc(-c3cncn3C)nc2c1. The van der Waals surface area contributed by atoms with Crippen LogP contribution in [0.25, 0.3) is 49.4 Å². The summed E-state index contributed by atoms with van der Waals surface area (Å²) in [5.74, 6) is -0.807. The minimum absolute atomic E-state index is 0.368. The molecule has 2 aromatic carbocycles. The third-order valence-corrected chi connectivity index (χ3v) is 7.33. The van der Waals surface area contributed by atoms with E-state index in [1.807, 2.05) is 41.4 Å². The second-order valence-corrected chi connectivity index (χ2v) is 10.6. The van der Waals surface area contributed by atoms with Gasteiger partial charge in [0.05, 0.1) is 90.8 Å². The van der Waals surface area contributed by atoms with Crippen LogP contribution in [0.1, 0.15) is 20.7 Å². The number of aryl methyl sites for hydroxylation is 2. The largest absolute Gasteiger partial charge is 0.465 e. The van der Waals surface area contributed by atoms with E-state index in [2.05, 4.69) is 47.4 Å². The molecule has 6 aromatic rings. The molecule has 0 saturated heterocycles. The van der Waals surface area contributed by atoms with Gasteiger partial charge in [-0.2, -0.15) is 0 Å². The molecule has 6 rings (SSSR count). The van der Waals surface area contributed by atoms with E-state index in [-0.39, 0.29) is 5.97 Å². The Hall–Kier alpha value is -5.16. The van der Waals surface area contributed by atoms with Crippen LogP contribution in [-0.2, 0) is 23.6 Å². The standard InChI is InChI=1S/C16H12N4O2.C15H12IN3O2/c1-17-10-4-5-11-12(16(21)22-3)7-14(19-13(11)6-10)15-8-18-9-20(15)2;1-19-8-17-7-14(19)13-6-11(15(20)21-2)10-4-3-9(16)5-12(10)18-13/h4-9H,2-3H3;3-8H,1-2H3. The molecule has 0 unspecified atom stereocenters. The maximum absolute atomic E-state index is 12.1. The molecular weight excluding hydrogens is 661 g/mol. The number of esters is 2. The van der Waals surface area contributed by atoms with Gasteiger partial charge in [-0.15, -0.1) is 0 Å². The molecule has 0 radical (unpaired) electrons. The van der Waals surface area contributed by atoms with Crippen LogP contribution in [0.2, 0.25) is 0 Å². The van der Waals surface area contributed by atoms with Gasteiger partial charge < -0.3 is 18.6 Å². The normalized spacial score (nSPS) is 10.6. The minimum atomic E-state index is -0.439. The average molecular weight is 685 g/mol. The highest BCUT2D eigenvalue weighted by Crippen LogP contribution is 2.28. The van der Waals surface area contributed by atoms with E-state index in [1.165, 1.54) is 14.2 Å². The second-order valence-electron chi connectivity index (χ2n) is 9.35. The van der Waals surface area contributed by atoms with Crippen molar-refractivity contribution < 1.29 is 19.1 Å². The van der Waals surface area contributed by atoms with Crippen LogP contribution in [0.5, 0.6) is 0 Å². The van der Waals surface area contributed by atoms with Crippen LogP contribution in [0, 0.1) is 10.1 Å². The van der Waals surface area contributed by atoms with Crippen LogP contribution >= 0.6 is 22.6 Å². The molecule has 0 fully saturated rings. The number of fused-ring (bicyclic) bond motifs is 2. The molecule has 4 heterocycles. The summed E-state index contributed by atoms with van der Waals surface area (Å²) in [5.41, 5.74) is 5.67. The molecule has 0 aliphatic rings. The summed E-state index contributed by atoms with van der Waals surface area (Å²) in [6.45, 7) is 7.11. The molecule has 0 bridgehead atoms. The van der Waals surface area contributed by atoms with E-state index in [1.54, 1.807) is 55.4 Å². The predicted octanol–water partition coefficient (Wildman–Crippen LogP) is 6.00. The highest BCUT2D eigenvalue weighted by Gasteiger charge is 2.17. The van der Waals surface area contributed by atoms with Crippen LogP contribution in [0.3, 0.4) is 0 Å². The smallest absolute Gasteiger partial charge is 0.338 e. The molecule has 0 atom stereocenters. The topological polar surface area (TPSA) is 118 Å². The van der Waals surface area contributed by atoms with E-state index >= 15 is 0 Å². The molecule has 43 heavy (non-hydrogen) atoms. The van der Waals surface area contributed by atoms with E-state index in [0.29, 0.717) is 39.1 Å². The van der Waals surface area contributed by atoms with E-state index in [4.69, 9.17) is 16.0 Å². The molecule has 0 N–H and O–H groups in total. The van der Waals surface area contributed by atoms with Crippen molar-refractivity contribution in [3.8, 4) is 22.8 Å². The fourth-order valence-electron chi connectivity index (χ4n) is 4.52. The first-order valence-corrected chi connectivity index (χ1v) is 13.8. The molecule has 0 amide bonds. The van der Waals surface area contributed by atoms with Crippen molar-refractivity contribution in [1.82, 2.24) is 29.1 Å². The van der Waals surface area contributed by atoms with Gasteiger partial charge in [0.15, 0.2) is 5.69 Å². The lowest BCUT2D eigenvalue weighted by atomic mass is 10.1. The lowest BCUT2D eigenvalue weighted by Crippen LogP contribution is -2.04. The van der Waals surface area contributed by atoms with E-state index in [0.717, 1.165) is 25.9 Å². The van der Waals surface area contributed by atoms with Gasteiger partial charge in [-0.05, 0) is 52.9 Å². The monoisotopic (exact) mass is 685 g/mol. The highest BCUT2D eigenvalue weighted by atomic mass is 127. The van der Waals surface area contributed by atoms with Crippen LogP contribution in [-0.4, -0.2) is 55.2 Å². The molecule has 0 aliphatic heterocycles.